The monoisotopic (exact) mass is 235 g/mol. The van der Waals surface area contributed by atoms with Gasteiger partial charge < -0.3 is 10.4 Å². The third-order valence-corrected chi connectivity index (χ3v) is 3.25. The number of aryl methyl sites for hydroxylation is 1. The standard InChI is InChI=1S/C14H21NO2/c1-5-10(3)11(4)15-14(17)12-7-6-9(2)8-13(12)16/h6-8,10-11,16H,5H2,1-4H3,(H,15,17). The highest BCUT2D eigenvalue weighted by molar-refractivity contribution is 5.97. The molecule has 0 aromatic heterocycles. The smallest absolute Gasteiger partial charge is 0.255 e. The zero-order chi connectivity index (χ0) is 13.0. The van der Waals surface area contributed by atoms with Crippen LogP contribution in [-0.4, -0.2) is 17.1 Å². The van der Waals surface area contributed by atoms with Crippen molar-refractivity contribution in [2.24, 2.45) is 5.92 Å². The van der Waals surface area contributed by atoms with Crippen molar-refractivity contribution in [1.82, 2.24) is 5.32 Å². The lowest BCUT2D eigenvalue weighted by Crippen LogP contribution is -2.36. The Morgan fingerprint density at radius 2 is 2.06 bits per heavy atom. The van der Waals surface area contributed by atoms with Crippen molar-refractivity contribution in [2.45, 2.75) is 40.2 Å². The second kappa shape index (κ2) is 5.71. The van der Waals surface area contributed by atoms with Crippen LogP contribution in [0.2, 0.25) is 0 Å². The Labute approximate surface area is 103 Å². The second-order valence-corrected chi connectivity index (χ2v) is 4.67. The lowest BCUT2D eigenvalue weighted by atomic mass is 10.0. The van der Waals surface area contributed by atoms with Crippen LogP contribution in [0, 0.1) is 12.8 Å². The van der Waals surface area contributed by atoms with Gasteiger partial charge in [0.25, 0.3) is 5.91 Å². The molecule has 0 bridgehead atoms. The zero-order valence-electron chi connectivity index (χ0n) is 10.9. The minimum atomic E-state index is -0.213. The molecule has 1 rings (SSSR count). The Balaban J connectivity index is 2.76. The Morgan fingerprint density at radius 3 is 2.59 bits per heavy atom. The molecule has 0 saturated heterocycles. The highest BCUT2D eigenvalue weighted by atomic mass is 16.3. The number of hydrogen-bond donors (Lipinski definition) is 2. The molecule has 0 fully saturated rings. The summed E-state index contributed by atoms with van der Waals surface area (Å²) in [4.78, 5) is 11.9. The first-order valence-corrected chi connectivity index (χ1v) is 6.06. The van der Waals surface area contributed by atoms with Crippen molar-refractivity contribution in [3.05, 3.63) is 29.3 Å². The second-order valence-electron chi connectivity index (χ2n) is 4.67. The van der Waals surface area contributed by atoms with E-state index in [4.69, 9.17) is 0 Å². The van der Waals surface area contributed by atoms with Crippen LogP contribution in [0.25, 0.3) is 0 Å². The molecule has 0 radical (unpaired) electrons. The number of benzene rings is 1. The van der Waals surface area contributed by atoms with Gasteiger partial charge in [-0.2, -0.15) is 0 Å². The maximum Gasteiger partial charge on any atom is 0.255 e. The van der Waals surface area contributed by atoms with Gasteiger partial charge in [0.05, 0.1) is 5.56 Å². The summed E-state index contributed by atoms with van der Waals surface area (Å²) in [6.07, 6.45) is 1.02. The van der Waals surface area contributed by atoms with Crippen LogP contribution < -0.4 is 5.32 Å². The lowest BCUT2D eigenvalue weighted by molar-refractivity contribution is 0.0925. The van der Waals surface area contributed by atoms with Crippen LogP contribution >= 0.6 is 0 Å². The van der Waals surface area contributed by atoms with Gasteiger partial charge in [-0.25, -0.2) is 0 Å². The Bertz CT molecular complexity index is 401. The van der Waals surface area contributed by atoms with E-state index >= 15 is 0 Å². The average Bonchev–Trinajstić information content (AvgIpc) is 2.27. The van der Waals surface area contributed by atoms with Gasteiger partial charge in [-0.3, -0.25) is 4.79 Å². The Hall–Kier alpha value is -1.51. The van der Waals surface area contributed by atoms with E-state index in [1.54, 1.807) is 12.1 Å². The first kappa shape index (κ1) is 13.6. The molecular formula is C14H21NO2. The Morgan fingerprint density at radius 1 is 1.41 bits per heavy atom. The molecule has 3 nitrogen and oxygen atoms in total. The van der Waals surface area contributed by atoms with E-state index in [2.05, 4.69) is 19.2 Å². The first-order chi connectivity index (χ1) is 7.95. The number of nitrogens with one attached hydrogen (secondary N) is 1. The van der Waals surface area contributed by atoms with Crippen molar-refractivity contribution >= 4 is 5.91 Å². The molecule has 1 aromatic carbocycles. The summed E-state index contributed by atoms with van der Waals surface area (Å²) in [7, 11) is 0. The number of carbonyl (C=O) groups is 1. The van der Waals surface area contributed by atoms with Crippen molar-refractivity contribution < 1.29 is 9.90 Å². The zero-order valence-corrected chi connectivity index (χ0v) is 10.9. The third-order valence-electron chi connectivity index (χ3n) is 3.25. The number of aromatic hydroxyl groups is 1. The molecule has 2 unspecified atom stereocenters. The highest BCUT2D eigenvalue weighted by Crippen LogP contribution is 2.19. The summed E-state index contributed by atoms with van der Waals surface area (Å²) < 4.78 is 0. The van der Waals surface area contributed by atoms with Gasteiger partial charge in [-0.05, 0) is 37.5 Å². The van der Waals surface area contributed by atoms with E-state index in [-0.39, 0.29) is 17.7 Å². The summed E-state index contributed by atoms with van der Waals surface area (Å²) in [5.41, 5.74) is 1.28. The van der Waals surface area contributed by atoms with Crippen LogP contribution in [0.5, 0.6) is 5.75 Å². The van der Waals surface area contributed by atoms with Crippen LogP contribution in [0.4, 0.5) is 0 Å². The topological polar surface area (TPSA) is 49.3 Å². The minimum absolute atomic E-state index is 0.0406. The molecule has 0 aliphatic rings. The molecule has 0 heterocycles. The van der Waals surface area contributed by atoms with Gasteiger partial charge in [-0.15, -0.1) is 0 Å². The molecular weight excluding hydrogens is 214 g/mol. The first-order valence-electron chi connectivity index (χ1n) is 6.06. The van der Waals surface area contributed by atoms with Crippen LogP contribution in [0.1, 0.15) is 43.1 Å². The fourth-order valence-electron chi connectivity index (χ4n) is 1.61. The van der Waals surface area contributed by atoms with E-state index in [0.717, 1.165) is 12.0 Å². The number of amides is 1. The van der Waals surface area contributed by atoms with Crippen molar-refractivity contribution in [1.29, 1.82) is 0 Å². The summed E-state index contributed by atoms with van der Waals surface area (Å²) >= 11 is 0. The molecule has 0 spiro atoms. The van der Waals surface area contributed by atoms with Gasteiger partial charge >= 0.3 is 0 Å². The number of carbonyl (C=O) groups excluding carboxylic acids is 1. The number of phenols is 1. The SMILES string of the molecule is CCC(C)C(C)NC(=O)c1ccc(C)cc1O. The predicted molar refractivity (Wildman–Crippen MR) is 69.2 cm³/mol. The fourth-order valence-corrected chi connectivity index (χ4v) is 1.61. The summed E-state index contributed by atoms with van der Waals surface area (Å²) in [5.74, 6) is 0.251. The van der Waals surface area contributed by atoms with Crippen molar-refractivity contribution in [3.63, 3.8) is 0 Å². The van der Waals surface area contributed by atoms with Gasteiger partial charge in [0, 0.05) is 6.04 Å². The molecule has 3 heteroatoms. The summed E-state index contributed by atoms with van der Waals surface area (Å²) in [6.45, 7) is 8.05. The fraction of sp³-hybridized carbons (Fsp3) is 0.500. The quantitative estimate of drug-likeness (QED) is 0.843. The summed E-state index contributed by atoms with van der Waals surface area (Å²) in [5, 5.41) is 12.6. The molecule has 2 atom stereocenters. The van der Waals surface area contributed by atoms with E-state index in [1.807, 2.05) is 19.9 Å². The highest BCUT2D eigenvalue weighted by Gasteiger charge is 2.16. The molecule has 0 aliphatic carbocycles. The van der Waals surface area contributed by atoms with Crippen LogP contribution in [0.15, 0.2) is 18.2 Å². The predicted octanol–water partition coefficient (Wildman–Crippen LogP) is 2.87. The van der Waals surface area contributed by atoms with Gasteiger partial charge in [0.15, 0.2) is 0 Å². The van der Waals surface area contributed by atoms with E-state index in [9.17, 15) is 9.90 Å². The van der Waals surface area contributed by atoms with Gasteiger partial charge in [0.2, 0.25) is 0 Å². The molecule has 0 saturated carbocycles. The van der Waals surface area contributed by atoms with Crippen molar-refractivity contribution in [2.75, 3.05) is 0 Å². The van der Waals surface area contributed by atoms with Gasteiger partial charge in [0.1, 0.15) is 5.75 Å². The molecule has 2 N–H and O–H groups in total. The Kier molecular flexibility index (Phi) is 4.55. The maximum absolute atomic E-state index is 11.9. The van der Waals surface area contributed by atoms with Crippen molar-refractivity contribution in [3.8, 4) is 5.75 Å². The van der Waals surface area contributed by atoms with Crippen LogP contribution in [0.3, 0.4) is 0 Å². The largest absolute Gasteiger partial charge is 0.507 e. The van der Waals surface area contributed by atoms with E-state index in [1.165, 1.54) is 0 Å². The normalized spacial score (nSPS) is 14.1. The number of rotatable bonds is 4. The molecule has 1 aromatic rings. The third kappa shape index (κ3) is 3.48. The van der Waals surface area contributed by atoms with Gasteiger partial charge in [-0.1, -0.05) is 26.3 Å². The van der Waals surface area contributed by atoms with E-state index < -0.39 is 0 Å². The van der Waals surface area contributed by atoms with Crippen LogP contribution in [-0.2, 0) is 0 Å². The molecule has 94 valence electrons. The lowest BCUT2D eigenvalue weighted by Gasteiger charge is -2.20. The summed E-state index contributed by atoms with van der Waals surface area (Å²) in [6, 6.07) is 5.18. The average molecular weight is 235 g/mol. The number of hydrogen-bond acceptors (Lipinski definition) is 2. The van der Waals surface area contributed by atoms with E-state index in [0.29, 0.717) is 11.5 Å². The molecule has 0 aliphatic heterocycles. The molecule has 1 amide bonds. The maximum atomic E-state index is 11.9. The minimum Gasteiger partial charge on any atom is -0.507 e. The molecule has 17 heavy (non-hydrogen) atoms. The number of phenolic OH excluding ortho intramolecular Hbond substituents is 1.